The number of rotatable bonds is 4. The summed E-state index contributed by atoms with van der Waals surface area (Å²) in [4.78, 5) is 15.8. The highest BCUT2D eigenvalue weighted by Crippen LogP contribution is 2.09. The van der Waals surface area contributed by atoms with Crippen LogP contribution >= 0.6 is 0 Å². The number of hydrogen-bond donors (Lipinski definition) is 2. The first-order chi connectivity index (χ1) is 9.19. The maximum atomic E-state index is 12.7. The number of aromatic nitrogens is 1. The van der Waals surface area contributed by atoms with E-state index in [-0.39, 0.29) is 5.91 Å². The highest BCUT2D eigenvalue weighted by molar-refractivity contribution is 6.03. The Morgan fingerprint density at radius 2 is 2.16 bits per heavy atom. The Balaban J connectivity index is 2.11. The summed E-state index contributed by atoms with van der Waals surface area (Å²) in [6.45, 7) is 0.532. The first-order valence-electron chi connectivity index (χ1n) is 5.91. The molecule has 0 spiro atoms. The molecule has 2 aromatic rings. The standard InChI is InChI=1S/C14H14FN3O/c15-12-4-5-13(17-9-12)18-14(19)11-3-1-2-10(8-11)6-7-16/h1-5,8-9H,6-7,16H2,(H,17,18,19). The summed E-state index contributed by atoms with van der Waals surface area (Å²) in [5.41, 5.74) is 7.01. The highest BCUT2D eigenvalue weighted by atomic mass is 19.1. The number of benzene rings is 1. The molecule has 0 radical (unpaired) electrons. The maximum absolute atomic E-state index is 12.7. The van der Waals surface area contributed by atoms with E-state index in [4.69, 9.17) is 5.73 Å². The van der Waals surface area contributed by atoms with Crippen molar-refractivity contribution in [2.75, 3.05) is 11.9 Å². The van der Waals surface area contributed by atoms with Gasteiger partial charge in [0.25, 0.3) is 5.91 Å². The molecule has 0 saturated heterocycles. The molecule has 0 unspecified atom stereocenters. The Bertz CT molecular complexity index is 569. The van der Waals surface area contributed by atoms with Crippen LogP contribution in [-0.4, -0.2) is 17.4 Å². The Kier molecular flexibility index (Phi) is 4.20. The van der Waals surface area contributed by atoms with Gasteiger partial charge in [-0.25, -0.2) is 9.37 Å². The largest absolute Gasteiger partial charge is 0.330 e. The molecular weight excluding hydrogens is 245 g/mol. The number of amides is 1. The molecule has 4 nitrogen and oxygen atoms in total. The van der Waals surface area contributed by atoms with E-state index < -0.39 is 5.82 Å². The Hall–Kier alpha value is -2.27. The van der Waals surface area contributed by atoms with Gasteiger partial charge in [-0.3, -0.25) is 4.79 Å². The van der Waals surface area contributed by atoms with Crippen LogP contribution in [0.3, 0.4) is 0 Å². The molecule has 1 heterocycles. The quantitative estimate of drug-likeness (QED) is 0.882. The lowest BCUT2D eigenvalue weighted by molar-refractivity contribution is 0.102. The van der Waals surface area contributed by atoms with E-state index in [1.807, 2.05) is 6.07 Å². The fourth-order valence-corrected chi connectivity index (χ4v) is 1.67. The maximum Gasteiger partial charge on any atom is 0.256 e. The zero-order valence-electron chi connectivity index (χ0n) is 10.3. The van der Waals surface area contributed by atoms with Gasteiger partial charge in [-0.05, 0) is 42.8 Å². The van der Waals surface area contributed by atoms with Crippen LogP contribution in [0.25, 0.3) is 0 Å². The number of halogens is 1. The van der Waals surface area contributed by atoms with Gasteiger partial charge in [0.1, 0.15) is 11.6 Å². The molecule has 0 saturated carbocycles. The van der Waals surface area contributed by atoms with Crippen molar-refractivity contribution in [3.8, 4) is 0 Å². The van der Waals surface area contributed by atoms with Crippen molar-refractivity contribution < 1.29 is 9.18 Å². The molecular formula is C14H14FN3O. The number of nitrogens with two attached hydrogens (primary N) is 1. The van der Waals surface area contributed by atoms with Crippen LogP contribution in [0.2, 0.25) is 0 Å². The third kappa shape index (κ3) is 3.59. The van der Waals surface area contributed by atoms with Crippen molar-refractivity contribution in [1.29, 1.82) is 0 Å². The van der Waals surface area contributed by atoms with Crippen molar-refractivity contribution >= 4 is 11.7 Å². The summed E-state index contributed by atoms with van der Waals surface area (Å²) in [7, 11) is 0. The van der Waals surface area contributed by atoms with Crippen LogP contribution in [-0.2, 0) is 6.42 Å². The zero-order valence-corrected chi connectivity index (χ0v) is 10.3. The van der Waals surface area contributed by atoms with Crippen molar-refractivity contribution in [3.63, 3.8) is 0 Å². The normalized spacial score (nSPS) is 10.2. The summed E-state index contributed by atoms with van der Waals surface area (Å²) in [5.74, 6) is -0.406. The van der Waals surface area contributed by atoms with Crippen LogP contribution < -0.4 is 11.1 Å². The third-order valence-corrected chi connectivity index (χ3v) is 2.59. The van der Waals surface area contributed by atoms with Gasteiger partial charge in [0.2, 0.25) is 0 Å². The van der Waals surface area contributed by atoms with Gasteiger partial charge in [0.15, 0.2) is 0 Å². The van der Waals surface area contributed by atoms with Crippen molar-refractivity contribution in [3.05, 3.63) is 59.5 Å². The van der Waals surface area contributed by atoms with E-state index in [2.05, 4.69) is 10.3 Å². The van der Waals surface area contributed by atoms with E-state index in [9.17, 15) is 9.18 Å². The van der Waals surface area contributed by atoms with Gasteiger partial charge < -0.3 is 11.1 Å². The van der Waals surface area contributed by atoms with Crippen molar-refractivity contribution in [2.24, 2.45) is 5.73 Å². The molecule has 0 aliphatic carbocycles. The zero-order chi connectivity index (χ0) is 13.7. The van der Waals surface area contributed by atoms with E-state index >= 15 is 0 Å². The summed E-state index contributed by atoms with van der Waals surface area (Å²) >= 11 is 0. The molecule has 0 aliphatic rings. The molecule has 3 N–H and O–H groups in total. The molecule has 19 heavy (non-hydrogen) atoms. The first kappa shape index (κ1) is 13.2. The second-order valence-corrected chi connectivity index (χ2v) is 4.05. The highest BCUT2D eigenvalue weighted by Gasteiger charge is 2.07. The Labute approximate surface area is 110 Å². The van der Waals surface area contributed by atoms with E-state index in [1.165, 1.54) is 12.1 Å². The van der Waals surface area contributed by atoms with Gasteiger partial charge in [0.05, 0.1) is 6.20 Å². The van der Waals surface area contributed by atoms with Gasteiger partial charge in [0, 0.05) is 5.56 Å². The van der Waals surface area contributed by atoms with E-state index in [1.54, 1.807) is 18.2 Å². The summed E-state index contributed by atoms with van der Waals surface area (Å²) in [5, 5.41) is 2.61. The lowest BCUT2D eigenvalue weighted by Crippen LogP contribution is -2.13. The van der Waals surface area contributed by atoms with Gasteiger partial charge in [-0.15, -0.1) is 0 Å². The monoisotopic (exact) mass is 259 g/mol. The number of carbonyl (C=O) groups excluding carboxylic acids is 1. The van der Waals surface area contributed by atoms with Gasteiger partial charge in [-0.2, -0.15) is 0 Å². The van der Waals surface area contributed by atoms with Crippen molar-refractivity contribution in [2.45, 2.75) is 6.42 Å². The Morgan fingerprint density at radius 3 is 2.84 bits per heavy atom. The fraction of sp³-hybridized carbons (Fsp3) is 0.143. The minimum absolute atomic E-state index is 0.280. The summed E-state index contributed by atoms with van der Waals surface area (Å²) in [6.07, 6.45) is 1.77. The van der Waals surface area contributed by atoms with Crippen LogP contribution in [0.15, 0.2) is 42.6 Å². The van der Waals surface area contributed by atoms with Gasteiger partial charge in [-0.1, -0.05) is 12.1 Å². The molecule has 1 aromatic heterocycles. The fourth-order valence-electron chi connectivity index (χ4n) is 1.67. The number of nitrogens with zero attached hydrogens (tertiary/aromatic N) is 1. The topological polar surface area (TPSA) is 68.0 Å². The van der Waals surface area contributed by atoms with Crippen LogP contribution in [0.4, 0.5) is 10.2 Å². The number of pyridine rings is 1. The molecule has 98 valence electrons. The van der Waals surface area contributed by atoms with Crippen LogP contribution in [0, 0.1) is 5.82 Å². The molecule has 5 heteroatoms. The molecule has 1 aromatic carbocycles. The number of carbonyl (C=O) groups is 1. The molecule has 0 bridgehead atoms. The predicted octanol–water partition coefficient (Wildman–Crippen LogP) is 1.97. The average molecular weight is 259 g/mol. The molecule has 1 amide bonds. The molecule has 2 rings (SSSR count). The second kappa shape index (κ2) is 6.06. The SMILES string of the molecule is NCCc1cccc(C(=O)Nc2ccc(F)cn2)c1. The molecule has 0 fully saturated rings. The minimum atomic E-state index is -0.442. The predicted molar refractivity (Wildman–Crippen MR) is 71.3 cm³/mol. The smallest absolute Gasteiger partial charge is 0.256 e. The summed E-state index contributed by atoms with van der Waals surface area (Å²) < 4.78 is 12.7. The van der Waals surface area contributed by atoms with Crippen LogP contribution in [0.5, 0.6) is 0 Å². The van der Waals surface area contributed by atoms with E-state index in [0.29, 0.717) is 17.9 Å². The average Bonchev–Trinajstić information content (AvgIpc) is 2.42. The minimum Gasteiger partial charge on any atom is -0.330 e. The lowest BCUT2D eigenvalue weighted by atomic mass is 10.1. The number of hydrogen-bond acceptors (Lipinski definition) is 3. The lowest BCUT2D eigenvalue weighted by Gasteiger charge is -2.06. The van der Waals surface area contributed by atoms with Crippen molar-refractivity contribution in [1.82, 2.24) is 4.98 Å². The summed E-state index contributed by atoms with van der Waals surface area (Å²) in [6, 6.07) is 9.87. The first-order valence-corrected chi connectivity index (χ1v) is 5.91. The second-order valence-electron chi connectivity index (χ2n) is 4.05. The van der Waals surface area contributed by atoms with Crippen LogP contribution in [0.1, 0.15) is 15.9 Å². The number of anilines is 1. The molecule has 0 aliphatic heterocycles. The Morgan fingerprint density at radius 1 is 1.32 bits per heavy atom. The third-order valence-electron chi connectivity index (χ3n) is 2.59. The molecule has 0 atom stereocenters. The van der Waals surface area contributed by atoms with Gasteiger partial charge >= 0.3 is 0 Å². The number of nitrogens with one attached hydrogen (secondary N) is 1. The van der Waals surface area contributed by atoms with E-state index in [0.717, 1.165) is 18.2 Å².